The van der Waals surface area contributed by atoms with Gasteiger partial charge in [-0.1, -0.05) is 10.3 Å². The van der Waals surface area contributed by atoms with Gasteiger partial charge >= 0.3 is 6.09 Å². The van der Waals surface area contributed by atoms with Crippen LogP contribution in [-0.4, -0.2) is 38.1 Å². The van der Waals surface area contributed by atoms with Crippen LogP contribution in [0.1, 0.15) is 95.1 Å². The van der Waals surface area contributed by atoms with Crippen LogP contribution in [0.4, 0.5) is 4.79 Å². The van der Waals surface area contributed by atoms with E-state index in [0.717, 1.165) is 36.1 Å². The first-order valence-corrected chi connectivity index (χ1v) is 12.6. The van der Waals surface area contributed by atoms with E-state index in [-0.39, 0.29) is 17.6 Å². The van der Waals surface area contributed by atoms with Crippen LogP contribution in [0.5, 0.6) is 0 Å². The van der Waals surface area contributed by atoms with Gasteiger partial charge in [-0.3, -0.25) is 0 Å². The van der Waals surface area contributed by atoms with Gasteiger partial charge in [0.15, 0.2) is 0 Å². The molecule has 0 amide bonds. The van der Waals surface area contributed by atoms with Gasteiger partial charge in [-0.2, -0.15) is 4.91 Å². The third-order valence-electron chi connectivity index (χ3n) is 6.94. The van der Waals surface area contributed by atoms with E-state index in [1.54, 1.807) is 4.57 Å². The molecule has 36 heavy (non-hydrogen) atoms. The van der Waals surface area contributed by atoms with Crippen molar-refractivity contribution in [2.45, 2.75) is 103 Å². The second kappa shape index (κ2) is 8.50. The number of aromatic nitrogens is 3. The van der Waals surface area contributed by atoms with Crippen LogP contribution in [0.3, 0.4) is 0 Å². The molecule has 0 radical (unpaired) electrons. The zero-order valence-corrected chi connectivity index (χ0v) is 22.0. The minimum absolute atomic E-state index is 0.171. The van der Waals surface area contributed by atoms with E-state index in [2.05, 4.69) is 10.3 Å². The normalized spacial score (nSPS) is 20.6. The SMILES string of the molecule is Cc1noc(C)c1-c1cc(C(N=O)C2CCC(C)(C)O2)c2nc(C3CC3)n(C(=O)OC(C)(C)C)c2c1. The van der Waals surface area contributed by atoms with Crippen molar-refractivity contribution >= 4 is 17.1 Å². The zero-order valence-electron chi connectivity index (χ0n) is 22.0. The van der Waals surface area contributed by atoms with Crippen molar-refractivity contribution in [3.05, 3.63) is 39.9 Å². The molecule has 0 N–H and O–H groups in total. The standard InChI is InChI=1S/C27H34N4O5/c1-14-21(15(2)36-30-14)17-12-18(23(29-33)20-10-11-27(6,7)34-20)22-19(13-17)31(24(28-22)16-8-9-16)25(32)35-26(3,4)5/h12-13,16,20,23H,8-11H2,1-7H3. The summed E-state index contributed by atoms with van der Waals surface area (Å²) >= 11 is 0. The second-order valence-electron chi connectivity index (χ2n) is 11.7. The first-order chi connectivity index (χ1) is 16.9. The van der Waals surface area contributed by atoms with E-state index in [1.807, 2.05) is 60.6 Å². The van der Waals surface area contributed by atoms with Gasteiger partial charge in [0, 0.05) is 17.0 Å². The number of benzene rings is 1. The summed E-state index contributed by atoms with van der Waals surface area (Å²) in [4.78, 5) is 30.8. The summed E-state index contributed by atoms with van der Waals surface area (Å²) in [6.45, 7) is 13.3. The average Bonchev–Trinajstić information content (AvgIpc) is 3.33. The minimum Gasteiger partial charge on any atom is -0.443 e. The number of aryl methyl sites for hydroxylation is 2. The third kappa shape index (κ3) is 4.45. The van der Waals surface area contributed by atoms with Crippen LogP contribution in [0.25, 0.3) is 22.2 Å². The quantitative estimate of drug-likeness (QED) is 0.362. The van der Waals surface area contributed by atoms with Crippen LogP contribution in [0.15, 0.2) is 21.8 Å². The molecule has 2 fully saturated rings. The van der Waals surface area contributed by atoms with E-state index < -0.39 is 17.7 Å². The highest BCUT2D eigenvalue weighted by Crippen LogP contribution is 2.45. The molecule has 5 rings (SSSR count). The highest BCUT2D eigenvalue weighted by Gasteiger charge is 2.40. The highest BCUT2D eigenvalue weighted by atomic mass is 16.6. The van der Waals surface area contributed by atoms with Crippen LogP contribution >= 0.6 is 0 Å². The molecule has 3 heterocycles. The number of carbonyl (C=O) groups excluding carboxylic acids is 1. The maximum absolute atomic E-state index is 13.5. The predicted octanol–water partition coefficient (Wildman–Crippen LogP) is 6.73. The van der Waals surface area contributed by atoms with E-state index in [0.29, 0.717) is 34.6 Å². The van der Waals surface area contributed by atoms with Crippen LogP contribution in [0.2, 0.25) is 0 Å². The fourth-order valence-corrected chi connectivity index (χ4v) is 5.17. The Bertz CT molecular complexity index is 1320. The second-order valence-corrected chi connectivity index (χ2v) is 11.7. The number of ether oxygens (including phenoxy) is 2. The summed E-state index contributed by atoms with van der Waals surface area (Å²) in [5, 5.41) is 7.66. The highest BCUT2D eigenvalue weighted by molar-refractivity contribution is 5.93. The van der Waals surface area contributed by atoms with Crippen molar-refractivity contribution in [2.75, 3.05) is 0 Å². The summed E-state index contributed by atoms with van der Waals surface area (Å²) in [7, 11) is 0. The third-order valence-corrected chi connectivity index (χ3v) is 6.94. The van der Waals surface area contributed by atoms with Crippen molar-refractivity contribution in [1.82, 2.24) is 14.7 Å². The molecule has 3 aromatic rings. The molecule has 2 atom stereocenters. The molecule has 192 valence electrons. The number of rotatable bonds is 5. The summed E-state index contributed by atoms with van der Waals surface area (Å²) in [6.07, 6.45) is 2.58. The lowest BCUT2D eigenvalue weighted by Crippen LogP contribution is -2.28. The van der Waals surface area contributed by atoms with Gasteiger partial charge in [-0.15, -0.1) is 0 Å². The van der Waals surface area contributed by atoms with Crippen molar-refractivity contribution in [2.24, 2.45) is 5.18 Å². The lowest BCUT2D eigenvalue weighted by molar-refractivity contribution is -0.0255. The monoisotopic (exact) mass is 494 g/mol. The smallest absolute Gasteiger partial charge is 0.420 e. The van der Waals surface area contributed by atoms with Crippen molar-refractivity contribution in [1.29, 1.82) is 0 Å². The summed E-state index contributed by atoms with van der Waals surface area (Å²) in [5.74, 6) is 1.48. The molecule has 1 aromatic carbocycles. The first-order valence-electron chi connectivity index (χ1n) is 12.6. The molecule has 0 spiro atoms. The van der Waals surface area contributed by atoms with Crippen molar-refractivity contribution in [3.8, 4) is 11.1 Å². The van der Waals surface area contributed by atoms with Gasteiger partial charge in [0.1, 0.15) is 23.2 Å². The zero-order chi connectivity index (χ0) is 26.0. The lowest BCUT2D eigenvalue weighted by atomic mass is 9.93. The summed E-state index contributed by atoms with van der Waals surface area (Å²) in [5.41, 5.74) is 3.13. The van der Waals surface area contributed by atoms with E-state index >= 15 is 0 Å². The number of fused-ring (bicyclic) bond motifs is 1. The Kier molecular flexibility index (Phi) is 5.82. The number of nitroso groups, excluding NO2 is 1. The molecular weight excluding hydrogens is 460 g/mol. The van der Waals surface area contributed by atoms with Gasteiger partial charge < -0.3 is 14.0 Å². The van der Waals surface area contributed by atoms with Gasteiger partial charge in [0.25, 0.3) is 0 Å². The fraction of sp³-hybridized carbons (Fsp3) is 0.593. The number of carbonyl (C=O) groups is 1. The Morgan fingerprint density at radius 3 is 2.47 bits per heavy atom. The number of hydrogen-bond acceptors (Lipinski definition) is 8. The number of hydrogen-bond donors (Lipinski definition) is 0. The molecule has 1 aliphatic heterocycles. The Balaban J connectivity index is 1.77. The largest absolute Gasteiger partial charge is 0.443 e. The molecule has 0 bridgehead atoms. The summed E-state index contributed by atoms with van der Waals surface area (Å²) in [6, 6.07) is 3.07. The van der Waals surface area contributed by atoms with Gasteiger partial charge in [0.05, 0.1) is 28.4 Å². The van der Waals surface area contributed by atoms with E-state index in [4.69, 9.17) is 19.0 Å². The summed E-state index contributed by atoms with van der Waals surface area (Å²) < 4.78 is 19.0. The molecule has 2 aromatic heterocycles. The topological polar surface area (TPSA) is 109 Å². The first kappa shape index (κ1) is 24.6. The van der Waals surface area contributed by atoms with Crippen LogP contribution in [0, 0.1) is 18.8 Å². The Labute approximate surface area is 210 Å². The van der Waals surface area contributed by atoms with E-state index in [1.165, 1.54) is 0 Å². The molecule has 1 saturated carbocycles. The van der Waals surface area contributed by atoms with Crippen LogP contribution in [-0.2, 0) is 9.47 Å². The van der Waals surface area contributed by atoms with Crippen molar-refractivity contribution < 1.29 is 18.8 Å². The predicted molar refractivity (Wildman–Crippen MR) is 135 cm³/mol. The number of imidazole rings is 1. The van der Waals surface area contributed by atoms with Gasteiger partial charge in [0.2, 0.25) is 0 Å². The molecule has 1 aliphatic carbocycles. The molecule has 2 unspecified atom stereocenters. The Morgan fingerprint density at radius 2 is 1.94 bits per heavy atom. The maximum atomic E-state index is 13.5. The Hall–Kier alpha value is -3.07. The van der Waals surface area contributed by atoms with Gasteiger partial charge in [-0.05, 0) is 91.8 Å². The van der Waals surface area contributed by atoms with E-state index in [9.17, 15) is 9.70 Å². The van der Waals surface area contributed by atoms with Crippen LogP contribution < -0.4 is 0 Å². The van der Waals surface area contributed by atoms with Crippen molar-refractivity contribution in [3.63, 3.8) is 0 Å². The molecule has 9 nitrogen and oxygen atoms in total. The molecule has 1 saturated heterocycles. The lowest BCUT2D eigenvalue weighted by Gasteiger charge is -2.23. The van der Waals surface area contributed by atoms with Gasteiger partial charge in [-0.25, -0.2) is 14.3 Å². The minimum atomic E-state index is -0.774. The average molecular weight is 495 g/mol. The number of nitrogens with zero attached hydrogens (tertiary/aromatic N) is 4. The molecular formula is C27H34N4O5. The maximum Gasteiger partial charge on any atom is 0.420 e. The fourth-order valence-electron chi connectivity index (χ4n) is 5.17. The molecule has 9 heteroatoms. The molecule has 2 aliphatic rings. The Morgan fingerprint density at radius 1 is 1.22 bits per heavy atom.